The predicted molar refractivity (Wildman–Crippen MR) is 79.6 cm³/mol. The second kappa shape index (κ2) is 4.05. The fourth-order valence-electron chi connectivity index (χ4n) is 4.03. The average Bonchev–Trinajstić information content (AvgIpc) is 3.04. The van der Waals surface area contributed by atoms with Crippen molar-refractivity contribution in [2.24, 2.45) is 11.8 Å². The van der Waals surface area contributed by atoms with Crippen molar-refractivity contribution >= 4 is 23.2 Å². The first-order valence-corrected chi connectivity index (χ1v) is 7.30. The molecule has 23 heavy (non-hydrogen) atoms. The largest absolute Gasteiger partial charge is 0.359 e. The van der Waals surface area contributed by atoms with Gasteiger partial charge in [0.05, 0.1) is 33.6 Å². The number of amides is 2. The van der Waals surface area contributed by atoms with Gasteiger partial charge in [-0.15, -0.1) is 0 Å². The molecular weight excluding hydrogens is 300 g/mol. The number of nitrogens with zero attached hydrogens (tertiary/aromatic N) is 2. The van der Waals surface area contributed by atoms with Gasteiger partial charge in [-0.2, -0.15) is 0 Å². The summed E-state index contributed by atoms with van der Waals surface area (Å²) in [6, 6.07) is 5.57. The maximum absolute atomic E-state index is 12.8. The van der Waals surface area contributed by atoms with Gasteiger partial charge >= 0.3 is 0 Å². The van der Waals surface area contributed by atoms with Gasteiger partial charge in [-0.1, -0.05) is 18.2 Å². The predicted octanol–water partition coefficient (Wildman–Crippen LogP) is 1.82. The van der Waals surface area contributed by atoms with Gasteiger partial charge in [0.1, 0.15) is 0 Å². The number of fused-ring (bicyclic) bond motifs is 5. The molecule has 0 unspecified atom stereocenters. The van der Waals surface area contributed by atoms with Crippen molar-refractivity contribution in [2.75, 3.05) is 4.90 Å². The van der Waals surface area contributed by atoms with Gasteiger partial charge in [0.25, 0.3) is 5.69 Å². The highest BCUT2D eigenvalue weighted by Gasteiger charge is 2.70. The van der Waals surface area contributed by atoms with Crippen LogP contribution < -0.4 is 4.90 Å². The van der Waals surface area contributed by atoms with Gasteiger partial charge in [-0.25, -0.2) is 4.90 Å². The number of rotatable bonds is 2. The van der Waals surface area contributed by atoms with E-state index in [9.17, 15) is 19.7 Å². The lowest BCUT2D eigenvalue weighted by Crippen LogP contribution is -2.39. The quantitative estimate of drug-likeness (QED) is 0.359. The molecule has 4 atom stereocenters. The molecule has 0 aromatic heterocycles. The van der Waals surface area contributed by atoms with Gasteiger partial charge in [0, 0.05) is 12.1 Å². The number of carbonyl (C=O) groups is 2. The van der Waals surface area contributed by atoms with E-state index in [1.54, 1.807) is 13.8 Å². The Morgan fingerprint density at radius 2 is 1.70 bits per heavy atom. The van der Waals surface area contributed by atoms with Crippen LogP contribution in [0.5, 0.6) is 0 Å². The summed E-state index contributed by atoms with van der Waals surface area (Å²) >= 11 is 0. The first-order valence-electron chi connectivity index (χ1n) is 7.30. The molecule has 3 heterocycles. The topological polar surface area (TPSA) is 89.8 Å². The second-order valence-corrected chi connectivity index (χ2v) is 6.55. The van der Waals surface area contributed by atoms with E-state index in [2.05, 4.69) is 0 Å². The first kappa shape index (κ1) is 14.1. The van der Waals surface area contributed by atoms with Crippen molar-refractivity contribution in [3.8, 4) is 0 Å². The molecule has 7 heteroatoms. The van der Waals surface area contributed by atoms with Gasteiger partial charge in [0.2, 0.25) is 11.8 Å². The fourth-order valence-corrected chi connectivity index (χ4v) is 4.03. The van der Waals surface area contributed by atoms with E-state index in [0.717, 1.165) is 4.90 Å². The number of carbonyl (C=O) groups excluding carboxylic acids is 2. The van der Waals surface area contributed by atoms with Crippen LogP contribution in [0.3, 0.4) is 0 Å². The van der Waals surface area contributed by atoms with Crippen LogP contribution in [0.1, 0.15) is 13.8 Å². The molecular formula is C16H14N2O5. The number of anilines is 1. The summed E-state index contributed by atoms with van der Waals surface area (Å²) < 4.78 is 5.91. The number of hydrogen-bond donors (Lipinski definition) is 0. The smallest absolute Gasteiger partial charge is 0.271 e. The van der Waals surface area contributed by atoms with Crippen LogP contribution in [0.15, 0.2) is 36.4 Å². The van der Waals surface area contributed by atoms with Crippen molar-refractivity contribution in [2.45, 2.75) is 25.0 Å². The Hall–Kier alpha value is -2.54. The van der Waals surface area contributed by atoms with Crippen LogP contribution in [-0.4, -0.2) is 27.9 Å². The van der Waals surface area contributed by atoms with Gasteiger partial charge in [0.15, 0.2) is 0 Å². The summed E-state index contributed by atoms with van der Waals surface area (Å²) in [5.74, 6) is -1.92. The van der Waals surface area contributed by atoms with E-state index >= 15 is 0 Å². The maximum Gasteiger partial charge on any atom is 0.271 e. The van der Waals surface area contributed by atoms with E-state index < -0.39 is 28.0 Å². The third-order valence-electron chi connectivity index (χ3n) is 5.03. The summed E-state index contributed by atoms with van der Waals surface area (Å²) in [6.07, 6.45) is 3.66. The molecule has 4 rings (SSSR count). The number of hydrogen-bond acceptors (Lipinski definition) is 5. The molecule has 7 nitrogen and oxygen atoms in total. The minimum absolute atomic E-state index is 0.157. The van der Waals surface area contributed by atoms with E-state index in [-0.39, 0.29) is 23.2 Å². The van der Waals surface area contributed by atoms with Crippen LogP contribution in [-0.2, 0) is 14.3 Å². The van der Waals surface area contributed by atoms with E-state index in [0.29, 0.717) is 0 Å². The highest BCUT2D eigenvalue weighted by atomic mass is 16.6. The number of non-ortho nitro benzene ring substituents is 1. The normalized spacial score (nSPS) is 37.6. The molecule has 2 saturated heterocycles. The molecule has 1 aromatic rings. The van der Waals surface area contributed by atoms with Crippen LogP contribution in [0, 0.1) is 22.0 Å². The zero-order chi connectivity index (χ0) is 16.6. The van der Waals surface area contributed by atoms with Gasteiger partial charge in [-0.05, 0) is 19.9 Å². The Morgan fingerprint density at radius 1 is 1.13 bits per heavy atom. The molecule has 2 bridgehead atoms. The molecule has 0 N–H and O–H groups in total. The fraction of sp³-hybridized carbons (Fsp3) is 0.375. The lowest BCUT2D eigenvalue weighted by molar-refractivity contribution is -0.384. The number of nitro groups is 1. The molecule has 2 amide bonds. The van der Waals surface area contributed by atoms with E-state index in [1.165, 1.54) is 24.3 Å². The van der Waals surface area contributed by atoms with Crippen molar-refractivity contribution in [1.29, 1.82) is 0 Å². The molecule has 0 radical (unpaired) electrons. The number of nitro benzene ring substituents is 1. The van der Waals surface area contributed by atoms with Gasteiger partial charge in [-0.3, -0.25) is 19.7 Å². The zero-order valence-electron chi connectivity index (χ0n) is 12.6. The van der Waals surface area contributed by atoms with Gasteiger partial charge < -0.3 is 4.74 Å². The molecule has 0 saturated carbocycles. The highest BCUT2D eigenvalue weighted by molar-refractivity contribution is 6.23. The minimum atomic E-state index is -0.804. The number of ether oxygens (including phenoxy) is 1. The molecule has 3 aliphatic heterocycles. The molecule has 0 spiro atoms. The Morgan fingerprint density at radius 3 is 2.22 bits per heavy atom. The first-order chi connectivity index (χ1) is 10.8. The monoisotopic (exact) mass is 314 g/mol. The maximum atomic E-state index is 12.8. The lowest BCUT2D eigenvalue weighted by atomic mass is 9.73. The van der Waals surface area contributed by atoms with Crippen LogP contribution in [0.2, 0.25) is 0 Å². The minimum Gasteiger partial charge on any atom is -0.359 e. The van der Waals surface area contributed by atoms with Crippen LogP contribution >= 0.6 is 0 Å². The van der Waals surface area contributed by atoms with Crippen molar-refractivity contribution < 1.29 is 19.2 Å². The Labute approximate surface area is 131 Å². The number of benzene rings is 1. The Kier molecular flexibility index (Phi) is 2.48. The summed E-state index contributed by atoms with van der Waals surface area (Å²) in [6.45, 7) is 3.59. The summed E-state index contributed by atoms with van der Waals surface area (Å²) in [4.78, 5) is 37.1. The highest BCUT2D eigenvalue weighted by Crippen LogP contribution is 2.57. The standard InChI is InChI=1S/C16H14N2O5/c1-15-6-7-16(2,23-15)12-11(15)13(19)17(14(12)20)9-4-3-5-10(8-9)18(21)22/h3-8,11-12H,1-2H3/t11-,12-,15-,16+/m0/s1. The van der Waals surface area contributed by atoms with Crippen LogP contribution in [0.4, 0.5) is 11.4 Å². The number of imide groups is 1. The molecule has 118 valence electrons. The SMILES string of the molecule is C[C@]12C=C[C@](C)(O1)[C@@H]1C(=O)N(c3cccc([N+](=O)[O-])c3)C(=O)[C@H]12. The van der Waals surface area contributed by atoms with Crippen molar-refractivity contribution in [3.05, 3.63) is 46.5 Å². The third kappa shape index (κ3) is 1.62. The van der Waals surface area contributed by atoms with E-state index in [4.69, 9.17) is 4.74 Å². The molecule has 1 aromatic carbocycles. The molecule has 3 aliphatic rings. The lowest BCUT2D eigenvalue weighted by Gasteiger charge is -2.25. The zero-order valence-corrected chi connectivity index (χ0v) is 12.6. The van der Waals surface area contributed by atoms with Crippen molar-refractivity contribution in [3.63, 3.8) is 0 Å². The van der Waals surface area contributed by atoms with Crippen molar-refractivity contribution in [1.82, 2.24) is 0 Å². The summed E-state index contributed by atoms with van der Waals surface area (Å²) in [5.41, 5.74) is -1.53. The summed E-state index contributed by atoms with van der Waals surface area (Å²) in [5, 5.41) is 10.9. The average molecular weight is 314 g/mol. The molecule has 2 fully saturated rings. The Balaban J connectivity index is 1.79. The molecule has 0 aliphatic carbocycles. The summed E-state index contributed by atoms with van der Waals surface area (Å²) in [7, 11) is 0. The van der Waals surface area contributed by atoms with Crippen LogP contribution in [0.25, 0.3) is 0 Å². The van der Waals surface area contributed by atoms with E-state index in [1.807, 2.05) is 12.2 Å². The Bertz CT molecular complexity index is 767. The second-order valence-electron chi connectivity index (χ2n) is 6.55. The third-order valence-corrected chi connectivity index (χ3v) is 5.03.